The minimum absolute atomic E-state index is 0. The summed E-state index contributed by atoms with van der Waals surface area (Å²) < 4.78 is 11.1. The summed E-state index contributed by atoms with van der Waals surface area (Å²) in [6, 6.07) is 8.31. The summed E-state index contributed by atoms with van der Waals surface area (Å²) in [5, 5.41) is 3.14. The zero-order valence-electron chi connectivity index (χ0n) is 12.8. The van der Waals surface area contributed by atoms with E-state index >= 15 is 0 Å². The van der Waals surface area contributed by atoms with Gasteiger partial charge in [-0.2, -0.15) is 0 Å². The van der Waals surface area contributed by atoms with Gasteiger partial charge in [0.05, 0.1) is 6.04 Å². The number of nitrogen functional groups attached to an aromatic ring is 1. The van der Waals surface area contributed by atoms with Gasteiger partial charge in [0.2, 0.25) is 0 Å². The van der Waals surface area contributed by atoms with Crippen LogP contribution in [0, 0.1) is 0 Å². The molecule has 0 spiro atoms. The second-order valence-corrected chi connectivity index (χ2v) is 6.37. The van der Waals surface area contributed by atoms with Crippen molar-refractivity contribution in [1.29, 1.82) is 0 Å². The highest BCUT2D eigenvalue weighted by molar-refractivity contribution is 6.29. The zero-order chi connectivity index (χ0) is 15.9. The molecule has 1 aromatic heterocycles. The van der Waals surface area contributed by atoms with Crippen LogP contribution in [0.5, 0.6) is 5.75 Å². The first-order valence-electron chi connectivity index (χ1n) is 6.99. The summed E-state index contributed by atoms with van der Waals surface area (Å²) in [4.78, 5) is 12.3. The van der Waals surface area contributed by atoms with Crippen molar-refractivity contribution >= 4 is 35.6 Å². The number of hydrogen-bond donors (Lipinski definition) is 2. The molecule has 2 heterocycles. The zero-order valence-corrected chi connectivity index (χ0v) is 14.3. The smallest absolute Gasteiger partial charge is 0.287 e. The van der Waals surface area contributed by atoms with E-state index < -0.39 is 0 Å². The number of rotatable bonds is 2. The highest BCUT2D eigenvalue weighted by atomic mass is 35.5. The Labute approximate surface area is 145 Å². The fourth-order valence-electron chi connectivity index (χ4n) is 2.67. The molecule has 5 nitrogen and oxygen atoms in total. The van der Waals surface area contributed by atoms with Gasteiger partial charge in [-0.1, -0.05) is 0 Å². The highest BCUT2D eigenvalue weighted by Crippen LogP contribution is 2.40. The van der Waals surface area contributed by atoms with E-state index in [1.165, 1.54) is 6.07 Å². The molecule has 1 aromatic carbocycles. The van der Waals surface area contributed by atoms with Gasteiger partial charge in [-0.15, -0.1) is 12.4 Å². The van der Waals surface area contributed by atoms with Crippen molar-refractivity contribution < 1.29 is 13.9 Å². The van der Waals surface area contributed by atoms with Gasteiger partial charge in [0.15, 0.2) is 11.0 Å². The van der Waals surface area contributed by atoms with E-state index in [-0.39, 0.29) is 40.9 Å². The number of hydrogen-bond acceptors (Lipinski definition) is 4. The summed E-state index contributed by atoms with van der Waals surface area (Å²) in [5.74, 6) is 0.593. The van der Waals surface area contributed by atoms with Crippen molar-refractivity contribution in [3.05, 3.63) is 46.9 Å². The minimum Gasteiger partial charge on any atom is -0.487 e. The van der Waals surface area contributed by atoms with Gasteiger partial charge in [0.1, 0.15) is 11.4 Å². The van der Waals surface area contributed by atoms with E-state index in [0.717, 1.165) is 11.3 Å². The summed E-state index contributed by atoms with van der Waals surface area (Å²) >= 11 is 5.71. The first-order valence-corrected chi connectivity index (χ1v) is 7.36. The van der Waals surface area contributed by atoms with Crippen LogP contribution in [-0.2, 0) is 0 Å². The lowest BCUT2D eigenvalue weighted by atomic mass is 9.89. The number of ether oxygens (including phenoxy) is 1. The number of carbonyl (C=O) groups excluding carboxylic acids is 1. The van der Waals surface area contributed by atoms with Gasteiger partial charge >= 0.3 is 0 Å². The average molecular weight is 357 g/mol. The van der Waals surface area contributed by atoms with E-state index in [1.54, 1.807) is 12.1 Å². The number of anilines is 1. The molecule has 3 rings (SSSR count). The van der Waals surface area contributed by atoms with Crippen molar-refractivity contribution in [3.63, 3.8) is 0 Å². The number of furan rings is 1. The Bertz CT molecular complexity index is 728. The van der Waals surface area contributed by atoms with E-state index in [0.29, 0.717) is 12.1 Å². The van der Waals surface area contributed by atoms with Crippen LogP contribution in [0.15, 0.2) is 34.7 Å². The van der Waals surface area contributed by atoms with Gasteiger partial charge in [-0.3, -0.25) is 4.79 Å². The van der Waals surface area contributed by atoms with E-state index in [1.807, 2.05) is 26.0 Å². The Morgan fingerprint density at radius 1 is 1.35 bits per heavy atom. The lowest BCUT2D eigenvalue weighted by Gasteiger charge is -2.37. The van der Waals surface area contributed by atoms with Crippen LogP contribution in [-0.4, -0.2) is 11.5 Å². The third-order valence-electron chi connectivity index (χ3n) is 3.59. The number of nitrogens with one attached hydrogen (secondary N) is 1. The number of benzene rings is 1. The van der Waals surface area contributed by atoms with Crippen molar-refractivity contribution in [1.82, 2.24) is 5.32 Å². The minimum atomic E-state index is -0.387. The molecule has 0 aliphatic carbocycles. The maximum atomic E-state index is 12.3. The highest BCUT2D eigenvalue weighted by Gasteiger charge is 2.35. The molecule has 124 valence electrons. The second-order valence-electron chi connectivity index (χ2n) is 5.99. The van der Waals surface area contributed by atoms with Crippen LogP contribution in [0.2, 0.25) is 5.22 Å². The van der Waals surface area contributed by atoms with Crippen LogP contribution in [0.1, 0.15) is 42.4 Å². The number of nitrogens with two attached hydrogens (primary N) is 1. The molecule has 7 heteroatoms. The third kappa shape index (κ3) is 3.74. The standard InChI is InChI=1S/C16H17ClN2O3.ClH/c1-16(2)8-11(10-7-9(18)3-4-12(10)22-16)19-15(20)13-5-6-14(17)21-13;/h3-7,11H,8,18H2,1-2H3,(H,19,20);1H. The van der Waals surface area contributed by atoms with E-state index in [9.17, 15) is 4.79 Å². The first-order chi connectivity index (χ1) is 10.3. The Balaban J connectivity index is 0.00000192. The van der Waals surface area contributed by atoms with Gasteiger partial charge in [-0.05, 0) is 55.8 Å². The monoisotopic (exact) mass is 356 g/mol. The maximum absolute atomic E-state index is 12.3. The second kappa shape index (κ2) is 6.34. The molecule has 0 bridgehead atoms. The van der Waals surface area contributed by atoms with Crippen LogP contribution in [0.4, 0.5) is 5.69 Å². The molecule has 1 atom stereocenters. The van der Waals surface area contributed by atoms with Gasteiger partial charge in [0, 0.05) is 17.7 Å². The molecule has 1 unspecified atom stereocenters. The molecule has 0 saturated heterocycles. The lowest BCUT2D eigenvalue weighted by Crippen LogP contribution is -2.41. The van der Waals surface area contributed by atoms with Crippen molar-refractivity contribution in [2.24, 2.45) is 0 Å². The molecule has 0 saturated carbocycles. The quantitative estimate of drug-likeness (QED) is 0.798. The van der Waals surface area contributed by atoms with Gasteiger partial charge < -0.3 is 20.2 Å². The van der Waals surface area contributed by atoms with Crippen molar-refractivity contribution in [3.8, 4) is 5.75 Å². The molecular weight excluding hydrogens is 339 g/mol. The molecule has 3 N–H and O–H groups in total. The Kier molecular flexibility index (Phi) is 4.82. The first kappa shape index (κ1) is 17.5. The van der Waals surface area contributed by atoms with Gasteiger partial charge in [0.25, 0.3) is 5.91 Å². The molecule has 1 aliphatic rings. The fraction of sp³-hybridized carbons (Fsp3) is 0.312. The Hall–Kier alpha value is -1.85. The van der Waals surface area contributed by atoms with E-state index in [4.69, 9.17) is 26.5 Å². The molecule has 1 amide bonds. The molecule has 23 heavy (non-hydrogen) atoms. The number of fused-ring (bicyclic) bond motifs is 1. The topological polar surface area (TPSA) is 77.5 Å². The number of carbonyl (C=O) groups is 1. The fourth-order valence-corrected chi connectivity index (χ4v) is 2.81. The predicted octanol–water partition coefficient (Wildman–Crippen LogP) is 3.97. The normalized spacial score (nSPS) is 18.3. The van der Waals surface area contributed by atoms with Crippen molar-refractivity contribution in [2.45, 2.75) is 31.9 Å². The largest absolute Gasteiger partial charge is 0.487 e. The van der Waals surface area contributed by atoms with Crippen LogP contribution in [0.25, 0.3) is 0 Å². The lowest BCUT2D eigenvalue weighted by molar-refractivity contribution is 0.0612. The van der Waals surface area contributed by atoms with Crippen LogP contribution in [0.3, 0.4) is 0 Å². The molecular formula is C16H18Cl2N2O3. The molecule has 1 aliphatic heterocycles. The molecule has 0 radical (unpaired) electrons. The van der Waals surface area contributed by atoms with Gasteiger partial charge in [-0.25, -0.2) is 0 Å². The Morgan fingerprint density at radius 2 is 2.09 bits per heavy atom. The third-order valence-corrected chi connectivity index (χ3v) is 3.80. The van der Waals surface area contributed by atoms with Crippen LogP contribution >= 0.6 is 24.0 Å². The molecule has 2 aromatic rings. The average Bonchev–Trinajstić information content (AvgIpc) is 2.85. The number of amides is 1. The summed E-state index contributed by atoms with van der Waals surface area (Å²) in [7, 11) is 0. The maximum Gasteiger partial charge on any atom is 0.287 e. The summed E-state index contributed by atoms with van der Waals surface area (Å²) in [6.07, 6.45) is 0.629. The van der Waals surface area contributed by atoms with E-state index in [2.05, 4.69) is 5.32 Å². The summed E-state index contributed by atoms with van der Waals surface area (Å²) in [6.45, 7) is 3.96. The Morgan fingerprint density at radius 3 is 2.74 bits per heavy atom. The number of halogens is 2. The molecule has 0 fully saturated rings. The summed E-state index contributed by atoms with van der Waals surface area (Å²) in [5.41, 5.74) is 6.96. The van der Waals surface area contributed by atoms with Crippen molar-refractivity contribution in [2.75, 3.05) is 5.73 Å². The van der Waals surface area contributed by atoms with Crippen LogP contribution < -0.4 is 15.8 Å². The SMILES string of the molecule is CC1(C)CC(NC(=O)c2ccc(Cl)o2)c2cc(N)ccc2O1.Cl. The predicted molar refractivity (Wildman–Crippen MR) is 91.4 cm³/mol.